The normalized spacial score (nSPS) is 19.4. The number of pyridine rings is 1. The van der Waals surface area contributed by atoms with Gasteiger partial charge >= 0.3 is 5.97 Å². The minimum Gasteiger partial charge on any atom is -0.496 e. The van der Waals surface area contributed by atoms with Crippen molar-refractivity contribution in [2.24, 2.45) is 5.92 Å². The number of ether oxygens (including phenoxy) is 1. The molecule has 0 aliphatic carbocycles. The molecule has 2 aromatic rings. The molecule has 0 amide bonds. The van der Waals surface area contributed by atoms with Gasteiger partial charge in [0, 0.05) is 24.5 Å². The van der Waals surface area contributed by atoms with Gasteiger partial charge in [0.15, 0.2) is 0 Å². The van der Waals surface area contributed by atoms with Gasteiger partial charge in [0.1, 0.15) is 5.75 Å². The van der Waals surface area contributed by atoms with Gasteiger partial charge in [0.25, 0.3) is 0 Å². The molecule has 1 N–H and O–H groups in total. The zero-order valence-corrected chi connectivity index (χ0v) is 14.7. The number of carboxylic acid groups (broad SMARTS) is 1. The van der Waals surface area contributed by atoms with E-state index in [2.05, 4.69) is 16.0 Å². The Morgan fingerprint density at radius 1 is 1.32 bits per heavy atom. The summed E-state index contributed by atoms with van der Waals surface area (Å²) in [5.41, 5.74) is 3.30. The molecule has 2 heterocycles. The number of rotatable bonds is 5. The first-order valence-electron chi connectivity index (χ1n) is 8.62. The Balaban J connectivity index is 2.06. The molecule has 3 rings (SSSR count). The van der Waals surface area contributed by atoms with Crippen LogP contribution in [0.5, 0.6) is 5.75 Å². The summed E-state index contributed by atoms with van der Waals surface area (Å²) in [6.45, 7) is 3.46. The van der Waals surface area contributed by atoms with Crippen LogP contribution in [-0.4, -0.2) is 41.2 Å². The topological polar surface area (TPSA) is 62.7 Å². The molecule has 5 heteroatoms. The Morgan fingerprint density at radius 2 is 2.12 bits per heavy atom. The van der Waals surface area contributed by atoms with Gasteiger partial charge in [0.05, 0.1) is 19.1 Å². The van der Waals surface area contributed by atoms with Crippen LogP contribution in [0.1, 0.15) is 35.6 Å². The highest BCUT2D eigenvalue weighted by molar-refractivity contribution is 5.70. The summed E-state index contributed by atoms with van der Waals surface area (Å²) in [5.74, 6) is -0.218. The number of hydrogen-bond acceptors (Lipinski definition) is 4. The number of aryl methyl sites for hydroxylation is 1. The zero-order chi connectivity index (χ0) is 17.8. The van der Waals surface area contributed by atoms with Gasteiger partial charge in [-0.25, -0.2) is 0 Å². The van der Waals surface area contributed by atoms with Crippen molar-refractivity contribution in [3.63, 3.8) is 0 Å². The third-order valence-electron chi connectivity index (χ3n) is 4.96. The third kappa shape index (κ3) is 3.66. The summed E-state index contributed by atoms with van der Waals surface area (Å²) in [7, 11) is 1.67. The summed E-state index contributed by atoms with van der Waals surface area (Å²) in [6.07, 6.45) is 5.27. The predicted molar refractivity (Wildman–Crippen MR) is 95.7 cm³/mol. The number of hydrogen-bond donors (Lipinski definition) is 1. The highest BCUT2D eigenvalue weighted by Gasteiger charge is 2.33. The number of benzene rings is 1. The van der Waals surface area contributed by atoms with Crippen LogP contribution in [0.25, 0.3) is 0 Å². The molecule has 2 atom stereocenters. The average molecular weight is 340 g/mol. The first kappa shape index (κ1) is 17.4. The maximum atomic E-state index is 11.5. The Hall–Kier alpha value is -2.40. The van der Waals surface area contributed by atoms with Crippen LogP contribution in [0.3, 0.4) is 0 Å². The Morgan fingerprint density at radius 3 is 2.84 bits per heavy atom. The lowest BCUT2D eigenvalue weighted by Gasteiger charge is -2.38. The van der Waals surface area contributed by atoms with Crippen LogP contribution in [0.2, 0.25) is 0 Å². The minimum atomic E-state index is -0.713. The van der Waals surface area contributed by atoms with Crippen molar-refractivity contribution in [1.82, 2.24) is 9.88 Å². The number of carbonyl (C=O) groups is 1. The lowest BCUT2D eigenvalue weighted by molar-refractivity contribution is -0.143. The minimum absolute atomic E-state index is 0.0405. The highest BCUT2D eigenvalue weighted by atomic mass is 16.5. The number of aliphatic carboxylic acids is 1. The van der Waals surface area contributed by atoms with Crippen LogP contribution in [-0.2, 0) is 4.79 Å². The monoisotopic (exact) mass is 340 g/mol. The van der Waals surface area contributed by atoms with E-state index >= 15 is 0 Å². The standard InChI is InChI=1S/C20H24N2O3/c1-14-12-21-10-9-16(14)19(17-7-3-4-8-18(17)25-2)22-11-5-6-15(13-22)20(23)24/h3-4,7-10,12,15,19H,5-6,11,13H2,1-2H3,(H,23,24). The molecular weight excluding hydrogens is 316 g/mol. The van der Waals surface area contributed by atoms with Crippen molar-refractivity contribution in [3.8, 4) is 5.75 Å². The second-order valence-electron chi connectivity index (χ2n) is 6.55. The molecule has 1 aliphatic rings. The van der Waals surface area contributed by atoms with Crippen molar-refractivity contribution in [2.75, 3.05) is 20.2 Å². The number of aromatic nitrogens is 1. The second-order valence-corrected chi connectivity index (χ2v) is 6.55. The van der Waals surface area contributed by atoms with E-state index in [1.165, 1.54) is 0 Å². The fourth-order valence-electron chi connectivity index (χ4n) is 3.69. The van der Waals surface area contributed by atoms with Gasteiger partial charge in [0.2, 0.25) is 0 Å². The fraction of sp³-hybridized carbons (Fsp3) is 0.400. The molecular formula is C20H24N2O3. The highest BCUT2D eigenvalue weighted by Crippen LogP contribution is 2.38. The maximum absolute atomic E-state index is 11.5. The molecule has 1 fully saturated rings. The van der Waals surface area contributed by atoms with E-state index in [1.807, 2.05) is 37.4 Å². The molecule has 0 spiro atoms. The van der Waals surface area contributed by atoms with E-state index in [0.29, 0.717) is 6.54 Å². The molecule has 25 heavy (non-hydrogen) atoms. The van der Waals surface area contributed by atoms with Crippen LogP contribution in [0, 0.1) is 12.8 Å². The number of likely N-dealkylation sites (tertiary alicyclic amines) is 1. The predicted octanol–water partition coefficient (Wildman–Crippen LogP) is 3.28. The summed E-state index contributed by atoms with van der Waals surface area (Å²) >= 11 is 0. The largest absolute Gasteiger partial charge is 0.496 e. The Bertz CT molecular complexity index is 747. The third-order valence-corrected chi connectivity index (χ3v) is 4.96. The van der Waals surface area contributed by atoms with Crippen molar-refractivity contribution in [2.45, 2.75) is 25.8 Å². The first-order valence-corrected chi connectivity index (χ1v) is 8.62. The van der Waals surface area contributed by atoms with Gasteiger partial charge in [-0.3, -0.25) is 14.7 Å². The van der Waals surface area contributed by atoms with Gasteiger partial charge in [-0.2, -0.15) is 0 Å². The number of carboxylic acids is 1. The number of nitrogens with zero attached hydrogens (tertiary/aromatic N) is 2. The number of methoxy groups -OCH3 is 1. The molecule has 0 radical (unpaired) electrons. The first-order chi connectivity index (χ1) is 12.1. The molecule has 2 unspecified atom stereocenters. The summed E-state index contributed by atoms with van der Waals surface area (Å²) in [5, 5.41) is 9.47. The Labute approximate surface area is 148 Å². The summed E-state index contributed by atoms with van der Waals surface area (Å²) in [6, 6.07) is 9.96. The molecule has 0 saturated carbocycles. The molecule has 1 aromatic carbocycles. The molecule has 132 valence electrons. The van der Waals surface area contributed by atoms with E-state index in [1.54, 1.807) is 13.3 Å². The van der Waals surface area contributed by atoms with Crippen LogP contribution >= 0.6 is 0 Å². The van der Waals surface area contributed by atoms with Gasteiger partial charge in [-0.1, -0.05) is 18.2 Å². The van der Waals surface area contributed by atoms with Crippen LogP contribution in [0.15, 0.2) is 42.7 Å². The quantitative estimate of drug-likeness (QED) is 0.905. The maximum Gasteiger partial charge on any atom is 0.307 e. The fourth-order valence-corrected chi connectivity index (χ4v) is 3.69. The van der Waals surface area contributed by atoms with Gasteiger partial charge < -0.3 is 9.84 Å². The van der Waals surface area contributed by atoms with E-state index < -0.39 is 5.97 Å². The molecule has 1 aromatic heterocycles. The van der Waals surface area contributed by atoms with Crippen molar-refractivity contribution in [3.05, 3.63) is 59.4 Å². The number of para-hydroxylation sites is 1. The van der Waals surface area contributed by atoms with Crippen molar-refractivity contribution >= 4 is 5.97 Å². The molecule has 1 saturated heterocycles. The SMILES string of the molecule is COc1ccccc1C(c1ccncc1C)N1CCCC(C(=O)O)C1. The van der Waals surface area contributed by atoms with E-state index in [0.717, 1.165) is 41.8 Å². The summed E-state index contributed by atoms with van der Waals surface area (Å²) in [4.78, 5) is 18.0. The lowest BCUT2D eigenvalue weighted by atomic mass is 9.90. The molecule has 1 aliphatic heterocycles. The van der Waals surface area contributed by atoms with Crippen LogP contribution < -0.4 is 4.74 Å². The van der Waals surface area contributed by atoms with Crippen LogP contribution in [0.4, 0.5) is 0 Å². The molecule has 5 nitrogen and oxygen atoms in total. The Kier molecular flexibility index (Phi) is 5.34. The van der Waals surface area contributed by atoms with E-state index in [-0.39, 0.29) is 12.0 Å². The van der Waals surface area contributed by atoms with E-state index in [4.69, 9.17) is 4.74 Å². The smallest absolute Gasteiger partial charge is 0.307 e. The van der Waals surface area contributed by atoms with Gasteiger partial charge in [-0.15, -0.1) is 0 Å². The average Bonchev–Trinajstić information content (AvgIpc) is 2.64. The number of piperidine rings is 1. The second kappa shape index (κ2) is 7.66. The lowest BCUT2D eigenvalue weighted by Crippen LogP contribution is -2.41. The van der Waals surface area contributed by atoms with Gasteiger partial charge in [-0.05, 0) is 49.6 Å². The summed E-state index contributed by atoms with van der Waals surface area (Å²) < 4.78 is 5.59. The van der Waals surface area contributed by atoms with E-state index in [9.17, 15) is 9.90 Å². The molecule has 0 bridgehead atoms. The van der Waals surface area contributed by atoms with Crippen molar-refractivity contribution < 1.29 is 14.6 Å². The zero-order valence-electron chi connectivity index (χ0n) is 14.7. The van der Waals surface area contributed by atoms with Crippen molar-refractivity contribution in [1.29, 1.82) is 0 Å².